The number of aryl methyl sites for hydroxylation is 1. The van der Waals surface area contributed by atoms with E-state index in [0.717, 1.165) is 0 Å². The van der Waals surface area contributed by atoms with Crippen LogP contribution in [-0.2, 0) is 22.7 Å². The van der Waals surface area contributed by atoms with Crippen LogP contribution in [-0.4, -0.2) is 56.3 Å². The minimum Gasteiger partial charge on any atom is -0.486 e. The number of hydrogen-bond donors (Lipinski definition) is 3. The number of carbonyl (C=O) groups is 1. The first-order chi connectivity index (χ1) is 14.8. The summed E-state index contributed by atoms with van der Waals surface area (Å²) in [4.78, 5) is 24.2. The van der Waals surface area contributed by atoms with Crippen molar-refractivity contribution in [1.29, 1.82) is 0 Å². The number of oxazole rings is 1. The third kappa shape index (κ3) is 5.58. The molecule has 0 saturated carbocycles. The molecule has 0 aliphatic carbocycles. The second kappa shape index (κ2) is 9.88. The molecule has 0 radical (unpaired) electrons. The van der Waals surface area contributed by atoms with Crippen molar-refractivity contribution >= 4 is 28.7 Å². The van der Waals surface area contributed by atoms with Gasteiger partial charge in [0.1, 0.15) is 24.7 Å². The van der Waals surface area contributed by atoms with Crippen LogP contribution < -0.4 is 16.2 Å². The van der Waals surface area contributed by atoms with Crippen molar-refractivity contribution in [3.05, 3.63) is 51.7 Å². The lowest BCUT2D eigenvalue weighted by Gasteiger charge is -2.23. The van der Waals surface area contributed by atoms with Crippen LogP contribution in [0.4, 0.5) is 0 Å². The monoisotopic (exact) mass is 452 g/mol. The zero-order chi connectivity index (χ0) is 22.4. The lowest BCUT2D eigenvalue weighted by molar-refractivity contribution is -0.146. The average Bonchev–Trinajstić information content (AvgIpc) is 3.08. The summed E-state index contributed by atoms with van der Waals surface area (Å²) in [6.45, 7) is -1.38. The predicted molar refractivity (Wildman–Crippen MR) is 109 cm³/mol. The van der Waals surface area contributed by atoms with Crippen LogP contribution in [0.1, 0.15) is 12.1 Å². The Kier molecular flexibility index (Phi) is 7.23. The molecule has 0 fully saturated rings. The van der Waals surface area contributed by atoms with E-state index in [1.165, 1.54) is 16.7 Å². The molecule has 1 aromatic carbocycles. The number of nitrogens with two attached hydrogens (primary N) is 1. The molecule has 0 bridgehead atoms. The van der Waals surface area contributed by atoms with Gasteiger partial charge in [0, 0.05) is 18.8 Å². The zero-order valence-corrected chi connectivity index (χ0v) is 17.1. The van der Waals surface area contributed by atoms with Crippen molar-refractivity contribution in [3.63, 3.8) is 0 Å². The molecule has 0 amide bonds. The zero-order valence-electron chi connectivity index (χ0n) is 16.4. The maximum Gasteiger partial charge on any atom is 0.419 e. The topological polar surface area (TPSA) is 163 Å². The molecule has 2 aromatic heterocycles. The van der Waals surface area contributed by atoms with Gasteiger partial charge in [0.2, 0.25) is 0 Å². The third-order valence-corrected chi connectivity index (χ3v) is 4.71. The first kappa shape index (κ1) is 22.7. The Morgan fingerprint density at radius 1 is 1.32 bits per heavy atom. The molecule has 3 rings (SSSR count). The van der Waals surface area contributed by atoms with E-state index in [4.69, 9.17) is 41.4 Å². The van der Waals surface area contributed by atoms with Gasteiger partial charge >= 0.3 is 11.7 Å². The highest BCUT2D eigenvalue weighted by Gasteiger charge is 2.25. The summed E-state index contributed by atoms with van der Waals surface area (Å²) in [7, 11) is 0. The number of halogens is 1. The minimum atomic E-state index is -1.43. The molecule has 0 atom stereocenters. The molecule has 4 N–H and O–H groups in total. The van der Waals surface area contributed by atoms with Crippen LogP contribution in [0.15, 0.2) is 39.7 Å². The number of aliphatic hydroxyl groups excluding tert-OH is 2. The van der Waals surface area contributed by atoms with Crippen molar-refractivity contribution in [2.45, 2.75) is 25.1 Å². The predicted octanol–water partition coefficient (Wildman–Crippen LogP) is 0.232. The fourth-order valence-electron chi connectivity index (χ4n) is 2.59. The number of fused-ring (bicyclic) bond motifs is 1. The lowest BCUT2D eigenvalue weighted by atomic mass is 10.1. The number of esters is 1. The fraction of sp³-hybridized carbons (Fsp3) is 0.368. The standard InChI is InChI=1S/C19H21ClN4O7/c20-13-6-14-16(7-15(13)29-8-12-2-1-4-22-23-12)31-18(28)24(14)5-3-17(27)30-11-19(21,9-25)10-26/h1-2,4,6-7,25-26H,3,5,8-11,21H2. The van der Waals surface area contributed by atoms with Crippen molar-refractivity contribution in [2.24, 2.45) is 5.73 Å². The smallest absolute Gasteiger partial charge is 0.419 e. The summed E-state index contributed by atoms with van der Waals surface area (Å²) in [5.74, 6) is -1.04. The Labute approximate surface area is 181 Å². The van der Waals surface area contributed by atoms with Crippen LogP contribution in [0.3, 0.4) is 0 Å². The van der Waals surface area contributed by atoms with Crippen molar-refractivity contribution in [2.75, 3.05) is 19.8 Å². The van der Waals surface area contributed by atoms with Gasteiger partial charge in [0.05, 0.1) is 35.7 Å². The summed E-state index contributed by atoms with van der Waals surface area (Å²) in [5.41, 5.74) is 5.43. The molecule has 2 heterocycles. The first-order valence-electron chi connectivity index (χ1n) is 9.24. The molecular formula is C19H21ClN4O7. The van der Waals surface area contributed by atoms with E-state index < -0.39 is 30.5 Å². The van der Waals surface area contributed by atoms with Crippen molar-refractivity contribution in [1.82, 2.24) is 14.8 Å². The number of rotatable bonds is 10. The highest BCUT2D eigenvalue weighted by molar-refractivity contribution is 6.32. The van der Waals surface area contributed by atoms with Crippen molar-refractivity contribution < 1.29 is 28.9 Å². The van der Waals surface area contributed by atoms with E-state index in [0.29, 0.717) is 17.0 Å². The number of aliphatic hydroxyl groups is 2. The largest absolute Gasteiger partial charge is 0.486 e. The Morgan fingerprint density at radius 3 is 2.77 bits per heavy atom. The lowest BCUT2D eigenvalue weighted by Crippen LogP contribution is -2.51. The molecule has 31 heavy (non-hydrogen) atoms. The van der Waals surface area contributed by atoms with Crippen LogP contribution in [0, 0.1) is 0 Å². The van der Waals surface area contributed by atoms with E-state index >= 15 is 0 Å². The van der Waals surface area contributed by atoms with Gasteiger partial charge in [-0.05, 0) is 18.2 Å². The molecule has 0 unspecified atom stereocenters. The van der Waals surface area contributed by atoms with Gasteiger partial charge in [-0.1, -0.05) is 11.6 Å². The summed E-state index contributed by atoms with van der Waals surface area (Å²) in [6, 6.07) is 6.45. The number of ether oxygens (including phenoxy) is 2. The van der Waals surface area contributed by atoms with Gasteiger partial charge in [-0.25, -0.2) is 4.79 Å². The highest BCUT2D eigenvalue weighted by Crippen LogP contribution is 2.30. The number of hydrogen-bond acceptors (Lipinski definition) is 10. The molecular weight excluding hydrogens is 432 g/mol. The second-order valence-corrected chi connectivity index (χ2v) is 7.27. The molecule has 3 aromatic rings. The maximum atomic E-state index is 12.2. The molecule has 166 valence electrons. The van der Waals surface area contributed by atoms with Gasteiger partial charge in [0.15, 0.2) is 5.58 Å². The number of aromatic nitrogens is 3. The molecule has 11 nitrogen and oxygen atoms in total. The molecule has 0 aliphatic heterocycles. The number of nitrogens with zero attached hydrogens (tertiary/aromatic N) is 3. The van der Waals surface area contributed by atoms with E-state index in [1.54, 1.807) is 18.3 Å². The Hall–Kier alpha value is -2.99. The number of benzene rings is 1. The average molecular weight is 453 g/mol. The molecule has 0 spiro atoms. The van der Waals surface area contributed by atoms with E-state index in [-0.39, 0.29) is 36.8 Å². The first-order valence-corrected chi connectivity index (χ1v) is 9.61. The summed E-state index contributed by atoms with van der Waals surface area (Å²) in [6.07, 6.45) is 1.38. The number of carbonyl (C=O) groups excluding carboxylic acids is 1. The molecule has 0 aliphatic rings. The normalized spacial score (nSPS) is 11.6. The minimum absolute atomic E-state index is 0.0311. The van der Waals surface area contributed by atoms with Gasteiger partial charge in [-0.2, -0.15) is 10.2 Å². The van der Waals surface area contributed by atoms with Gasteiger partial charge < -0.3 is 29.8 Å². The second-order valence-electron chi connectivity index (χ2n) is 6.86. The van der Waals surface area contributed by atoms with Crippen LogP contribution in [0.5, 0.6) is 5.75 Å². The Bertz CT molecular complexity index is 1100. The summed E-state index contributed by atoms with van der Waals surface area (Å²) in [5, 5.41) is 26.2. The fourth-order valence-corrected chi connectivity index (χ4v) is 2.80. The van der Waals surface area contributed by atoms with Crippen LogP contribution in [0.25, 0.3) is 11.1 Å². The van der Waals surface area contributed by atoms with Gasteiger partial charge in [-0.3, -0.25) is 9.36 Å². The van der Waals surface area contributed by atoms with E-state index in [2.05, 4.69) is 10.2 Å². The van der Waals surface area contributed by atoms with Crippen molar-refractivity contribution in [3.8, 4) is 5.75 Å². The summed E-state index contributed by atoms with van der Waals surface area (Å²) >= 11 is 6.27. The van der Waals surface area contributed by atoms with E-state index in [1.807, 2.05) is 0 Å². The van der Waals surface area contributed by atoms with Crippen LogP contribution in [0.2, 0.25) is 5.02 Å². The Morgan fingerprint density at radius 2 is 2.10 bits per heavy atom. The van der Waals surface area contributed by atoms with Gasteiger partial charge in [-0.15, -0.1) is 0 Å². The van der Waals surface area contributed by atoms with E-state index in [9.17, 15) is 9.59 Å². The highest BCUT2D eigenvalue weighted by atomic mass is 35.5. The quantitative estimate of drug-likeness (QED) is 0.363. The maximum absolute atomic E-state index is 12.2. The van der Waals surface area contributed by atoms with Crippen LogP contribution >= 0.6 is 11.6 Å². The third-order valence-electron chi connectivity index (χ3n) is 4.41. The Balaban J connectivity index is 1.68. The van der Waals surface area contributed by atoms with Gasteiger partial charge in [0.25, 0.3) is 0 Å². The SMILES string of the molecule is NC(CO)(CO)COC(=O)CCn1c(=O)oc2cc(OCc3cccnn3)c(Cl)cc21. The molecule has 0 saturated heterocycles. The summed E-state index contributed by atoms with van der Waals surface area (Å²) < 4.78 is 17.1. The molecule has 12 heteroatoms.